The van der Waals surface area contributed by atoms with Gasteiger partial charge in [-0.15, -0.1) is 0 Å². The minimum atomic E-state index is -0.455. The van der Waals surface area contributed by atoms with E-state index in [-0.39, 0.29) is 16.1 Å². The van der Waals surface area contributed by atoms with Crippen LogP contribution < -0.4 is 4.74 Å². The minimum Gasteiger partial charge on any atom is -0.494 e. The number of halogens is 3. The number of ether oxygens (including phenoxy) is 1. The molecule has 78 valence electrons. The van der Waals surface area contributed by atoms with E-state index in [1.165, 1.54) is 19.2 Å². The lowest BCUT2D eigenvalue weighted by molar-refractivity contribution is 0.387. The smallest absolute Gasteiger partial charge is 0.165 e. The molecule has 5 heteroatoms. The van der Waals surface area contributed by atoms with Gasteiger partial charge in [0, 0.05) is 5.39 Å². The Morgan fingerprint density at radius 1 is 1.27 bits per heavy atom. The molecule has 0 N–H and O–H groups in total. The van der Waals surface area contributed by atoms with Gasteiger partial charge in [-0.3, -0.25) is 0 Å². The van der Waals surface area contributed by atoms with Crippen LogP contribution in [0.25, 0.3) is 10.8 Å². The molecule has 2 aromatic rings. The largest absolute Gasteiger partial charge is 0.494 e. The van der Waals surface area contributed by atoms with Gasteiger partial charge in [0.25, 0.3) is 0 Å². The summed E-state index contributed by atoms with van der Waals surface area (Å²) < 4.78 is 18.2. The van der Waals surface area contributed by atoms with E-state index in [0.29, 0.717) is 10.8 Å². The van der Waals surface area contributed by atoms with E-state index >= 15 is 0 Å². The lowest BCUT2D eigenvalue weighted by Gasteiger charge is -2.05. The Labute approximate surface area is 95.6 Å². The maximum absolute atomic E-state index is 13.4. The summed E-state index contributed by atoms with van der Waals surface area (Å²) in [5, 5.41) is 1.67. The molecule has 0 unspecified atom stereocenters. The molecule has 1 heterocycles. The molecule has 0 aliphatic heterocycles. The molecule has 15 heavy (non-hydrogen) atoms. The van der Waals surface area contributed by atoms with Gasteiger partial charge in [0.1, 0.15) is 10.3 Å². The summed E-state index contributed by atoms with van der Waals surface area (Å²) in [5.41, 5.74) is 0. The molecule has 2 nitrogen and oxygen atoms in total. The third kappa shape index (κ3) is 1.85. The summed E-state index contributed by atoms with van der Waals surface area (Å²) >= 11 is 11.6. The summed E-state index contributed by atoms with van der Waals surface area (Å²) in [4.78, 5) is 3.86. The summed E-state index contributed by atoms with van der Waals surface area (Å²) in [6.07, 6.45) is 0. The van der Waals surface area contributed by atoms with Gasteiger partial charge in [0.15, 0.2) is 11.6 Å². The number of aromatic nitrogens is 1. The van der Waals surface area contributed by atoms with E-state index < -0.39 is 5.82 Å². The first-order valence-electron chi connectivity index (χ1n) is 4.11. The van der Waals surface area contributed by atoms with Crippen molar-refractivity contribution >= 4 is 34.0 Å². The Bertz CT molecular complexity index is 530. The average Bonchev–Trinajstić information content (AvgIpc) is 2.16. The number of rotatable bonds is 1. The van der Waals surface area contributed by atoms with Gasteiger partial charge in [-0.1, -0.05) is 23.2 Å². The second kappa shape index (κ2) is 3.83. The third-order valence-corrected chi connectivity index (χ3v) is 2.51. The van der Waals surface area contributed by atoms with Gasteiger partial charge < -0.3 is 4.74 Å². The molecule has 0 aliphatic carbocycles. The van der Waals surface area contributed by atoms with Crippen LogP contribution in [0.3, 0.4) is 0 Å². The first kappa shape index (κ1) is 10.5. The van der Waals surface area contributed by atoms with Crippen molar-refractivity contribution in [2.24, 2.45) is 0 Å². The average molecular weight is 246 g/mol. The third-order valence-electron chi connectivity index (χ3n) is 2.03. The van der Waals surface area contributed by atoms with E-state index in [1.807, 2.05) is 0 Å². The Kier molecular flexibility index (Phi) is 2.67. The Morgan fingerprint density at radius 3 is 2.67 bits per heavy atom. The number of hydrogen-bond acceptors (Lipinski definition) is 2. The van der Waals surface area contributed by atoms with E-state index in [4.69, 9.17) is 27.9 Å². The van der Waals surface area contributed by atoms with Crippen LogP contribution in [0.1, 0.15) is 0 Å². The molecular formula is C10H6Cl2FNO. The van der Waals surface area contributed by atoms with Gasteiger partial charge in [-0.2, -0.15) is 0 Å². The molecular weight excluding hydrogens is 240 g/mol. The highest BCUT2D eigenvalue weighted by Gasteiger charge is 2.09. The fraction of sp³-hybridized carbons (Fsp3) is 0.100. The van der Waals surface area contributed by atoms with Gasteiger partial charge >= 0.3 is 0 Å². The summed E-state index contributed by atoms with van der Waals surface area (Å²) in [7, 11) is 1.39. The second-order valence-electron chi connectivity index (χ2n) is 2.94. The van der Waals surface area contributed by atoms with Crippen molar-refractivity contribution in [2.45, 2.75) is 0 Å². The summed E-state index contributed by atoms with van der Waals surface area (Å²) in [6.45, 7) is 0. The van der Waals surface area contributed by atoms with E-state index in [2.05, 4.69) is 4.98 Å². The first-order valence-corrected chi connectivity index (χ1v) is 4.86. The molecule has 1 aromatic carbocycles. The monoisotopic (exact) mass is 245 g/mol. The molecule has 0 fully saturated rings. The van der Waals surface area contributed by atoms with Crippen LogP contribution in [0.5, 0.6) is 5.75 Å². The maximum Gasteiger partial charge on any atom is 0.165 e. The Balaban J connectivity index is 2.81. The molecule has 0 spiro atoms. The van der Waals surface area contributed by atoms with Crippen molar-refractivity contribution in [2.75, 3.05) is 7.11 Å². The fourth-order valence-electron chi connectivity index (χ4n) is 1.34. The number of methoxy groups -OCH3 is 1. The van der Waals surface area contributed by atoms with Crippen molar-refractivity contribution in [1.82, 2.24) is 4.98 Å². The minimum absolute atomic E-state index is 0.133. The highest BCUT2D eigenvalue weighted by molar-refractivity contribution is 6.36. The summed E-state index contributed by atoms with van der Waals surface area (Å²) in [6, 6.07) is 4.36. The molecule has 0 atom stereocenters. The molecule has 0 saturated carbocycles. The van der Waals surface area contributed by atoms with Crippen LogP contribution >= 0.6 is 23.2 Å². The molecule has 2 rings (SSSR count). The first-order chi connectivity index (χ1) is 7.11. The predicted octanol–water partition coefficient (Wildman–Crippen LogP) is 3.69. The number of benzene rings is 1. The van der Waals surface area contributed by atoms with Crippen LogP contribution in [0, 0.1) is 5.82 Å². The lowest BCUT2D eigenvalue weighted by Crippen LogP contribution is -1.89. The van der Waals surface area contributed by atoms with E-state index in [9.17, 15) is 4.39 Å². The molecule has 1 aromatic heterocycles. The zero-order chi connectivity index (χ0) is 11.0. The fourth-order valence-corrected chi connectivity index (χ4v) is 1.84. The van der Waals surface area contributed by atoms with Crippen LogP contribution in [0.15, 0.2) is 18.2 Å². The zero-order valence-electron chi connectivity index (χ0n) is 7.72. The molecule has 0 radical (unpaired) electrons. The normalized spacial score (nSPS) is 10.7. The highest BCUT2D eigenvalue weighted by Crippen LogP contribution is 2.30. The highest BCUT2D eigenvalue weighted by atomic mass is 35.5. The summed E-state index contributed by atoms with van der Waals surface area (Å²) in [5.74, 6) is -0.322. The van der Waals surface area contributed by atoms with Crippen LogP contribution in [0.4, 0.5) is 4.39 Å². The predicted molar refractivity (Wildman–Crippen MR) is 58.3 cm³/mol. The van der Waals surface area contributed by atoms with Crippen molar-refractivity contribution in [3.05, 3.63) is 34.3 Å². The van der Waals surface area contributed by atoms with Crippen molar-refractivity contribution in [1.29, 1.82) is 0 Å². The van der Waals surface area contributed by atoms with E-state index in [1.54, 1.807) is 6.07 Å². The second-order valence-corrected chi connectivity index (χ2v) is 3.69. The van der Waals surface area contributed by atoms with Crippen LogP contribution in [-0.2, 0) is 0 Å². The van der Waals surface area contributed by atoms with Gasteiger partial charge in [-0.05, 0) is 23.6 Å². The van der Waals surface area contributed by atoms with Crippen LogP contribution in [-0.4, -0.2) is 12.1 Å². The Hall–Kier alpha value is -1.06. The van der Waals surface area contributed by atoms with Crippen molar-refractivity contribution in [3.63, 3.8) is 0 Å². The topological polar surface area (TPSA) is 22.1 Å². The van der Waals surface area contributed by atoms with Crippen molar-refractivity contribution in [3.8, 4) is 5.75 Å². The van der Waals surface area contributed by atoms with Crippen molar-refractivity contribution < 1.29 is 9.13 Å². The molecule has 0 bridgehead atoms. The van der Waals surface area contributed by atoms with Gasteiger partial charge in [-0.25, -0.2) is 9.37 Å². The number of nitrogens with zero attached hydrogens (tertiary/aromatic N) is 1. The molecule has 0 amide bonds. The Morgan fingerprint density at radius 2 is 2.00 bits per heavy atom. The maximum atomic E-state index is 13.4. The molecule has 0 saturated heterocycles. The van der Waals surface area contributed by atoms with Crippen LogP contribution in [0.2, 0.25) is 10.3 Å². The quantitative estimate of drug-likeness (QED) is 0.716. The van der Waals surface area contributed by atoms with Gasteiger partial charge in [0.2, 0.25) is 0 Å². The standard InChI is InChI=1S/C10H6Cl2FNO/c1-15-8-4-6-5(2-7(8)13)3-9(11)14-10(6)12/h2-4H,1H3. The van der Waals surface area contributed by atoms with E-state index in [0.717, 1.165) is 0 Å². The SMILES string of the molecule is COc1cc2c(Cl)nc(Cl)cc2cc1F. The number of hydrogen-bond donors (Lipinski definition) is 0. The zero-order valence-corrected chi connectivity index (χ0v) is 9.23. The lowest BCUT2D eigenvalue weighted by atomic mass is 10.1. The number of fused-ring (bicyclic) bond motifs is 1. The number of pyridine rings is 1. The van der Waals surface area contributed by atoms with Gasteiger partial charge in [0.05, 0.1) is 7.11 Å². The molecule has 0 aliphatic rings.